The molecule has 3 aromatic rings. The van der Waals surface area contributed by atoms with Gasteiger partial charge in [-0.1, -0.05) is 72.8 Å². The van der Waals surface area contributed by atoms with Gasteiger partial charge in [0.2, 0.25) is 0 Å². The summed E-state index contributed by atoms with van der Waals surface area (Å²) in [5, 5.41) is 5.85. The molecule has 0 fully saturated rings. The van der Waals surface area contributed by atoms with Crippen LogP contribution in [0.5, 0.6) is 0 Å². The first-order valence-electron chi connectivity index (χ1n) is 9.05. The maximum atomic E-state index is 13.8. The predicted octanol–water partition coefficient (Wildman–Crippen LogP) is 5.67. The van der Waals surface area contributed by atoms with E-state index in [1.165, 1.54) is 6.07 Å². The van der Waals surface area contributed by atoms with Crippen molar-refractivity contribution >= 4 is 29.5 Å². The lowest BCUT2D eigenvalue weighted by atomic mass is 10.1. The van der Waals surface area contributed by atoms with Gasteiger partial charge >= 0.3 is 6.18 Å². The minimum atomic E-state index is -4.43. The Morgan fingerprint density at radius 2 is 1.18 bits per heavy atom. The Hall–Kier alpha value is -2.32. The van der Waals surface area contributed by atoms with Gasteiger partial charge in [-0.15, -0.1) is 0 Å². The fourth-order valence-electron chi connectivity index (χ4n) is 3.05. The van der Waals surface area contributed by atoms with Gasteiger partial charge < -0.3 is 5.32 Å². The van der Waals surface area contributed by atoms with Crippen molar-refractivity contribution in [3.05, 3.63) is 84.4 Å². The van der Waals surface area contributed by atoms with E-state index in [0.717, 1.165) is 16.7 Å². The van der Waals surface area contributed by atoms with Crippen molar-refractivity contribution in [1.29, 1.82) is 0 Å². The van der Waals surface area contributed by atoms with Gasteiger partial charge in [-0.05, 0) is 45.4 Å². The maximum Gasteiger partial charge on any atom is 0.418 e. The molecule has 146 valence electrons. The molecule has 1 N–H and O–H groups in total. The van der Waals surface area contributed by atoms with Crippen molar-refractivity contribution in [2.75, 3.05) is 5.32 Å². The van der Waals surface area contributed by atoms with Crippen LogP contribution in [0.1, 0.15) is 26.3 Å². The summed E-state index contributed by atoms with van der Waals surface area (Å²) >= 11 is 0. The van der Waals surface area contributed by atoms with E-state index in [4.69, 9.17) is 0 Å². The van der Waals surface area contributed by atoms with Crippen molar-refractivity contribution in [2.24, 2.45) is 0 Å². The van der Waals surface area contributed by atoms with Gasteiger partial charge in [0.15, 0.2) is 0 Å². The zero-order chi connectivity index (χ0) is 20.4. The Morgan fingerprint density at radius 3 is 1.61 bits per heavy atom. The molecule has 0 aliphatic carbocycles. The third kappa shape index (κ3) is 4.74. The zero-order valence-corrected chi connectivity index (χ0v) is 17.0. The predicted molar refractivity (Wildman–Crippen MR) is 114 cm³/mol. The first-order chi connectivity index (χ1) is 13.2. The first-order valence-corrected chi connectivity index (χ1v) is 10.4. The largest absolute Gasteiger partial charge is 0.418 e. The van der Waals surface area contributed by atoms with E-state index in [1.54, 1.807) is 0 Å². The van der Waals surface area contributed by atoms with E-state index < -0.39 is 25.2 Å². The molecule has 0 atom stereocenters. The molecular formula is C23H23F3NP. The zero-order valence-electron chi connectivity index (χ0n) is 16.1. The number of rotatable bonds is 4. The second-order valence-electron chi connectivity index (χ2n) is 7.58. The molecule has 0 aromatic heterocycles. The third-order valence-corrected chi connectivity index (χ3v) is 6.60. The molecule has 0 aliphatic rings. The molecule has 0 saturated heterocycles. The molecule has 3 aromatic carbocycles. The fourth-order valence-corrected chi connectivity index (χ4v) is 5.48. The average molecular weight is 401 g/mol. The Balaban J connectivity index is 2.28. The Morgan fingerprint density at radius 1 is 0.679 bits per heavy atom. The summed E-state index contributed by atoms with van der Waals surface area (Å²) in [4.78, 5) is 0. The van der Waals surface area contributed by atoms with Gasteiger partial charge in [0, 0.05) is 10.8 Å². The second kappa shape index (κ2) is 7.97. The van der Waals surface area contributed by atoms with E-state index >= 15 is 0 Å². The van der Waals surface area contributed by atoms with Crippen LogP contribution >= 0.6 is 7.92 Å². The number of para-hydroxylation sites is 1. The van der Waals surface area contributed by atoms with Gasteiger partial charge in [0.1, 0.15) is 0 Å². The smallest absolute Gasteiger partial charge is 0.379 e. The van der Waals surface area contributed by atoms with Crippen LogP contribution in [0.4, 0.5) is 18.9 Å². The summed E-state index contributed by atoms with van der Waals surface area (Å²) in [6.07, 6.45) is -4.43. The van der Waals surface area contributed by atoms with Crippen LogP contribution in [-0.2, 0) is 6.18 Å². The number of halogens is 3. The van der Waals surface area contributed by atoms with E-state index in [-0.39, 0.29) is 5.69 Å². The summed E-state index contributed by atoms with van der Waals surface area (Å²) in [5.74, 6) is 0. The highest BCUT2D eigenvalue weighted by Gasteiger charge is 2.36. The van der Waals surface area contributed by atoms with Crippen LogP contribution in [0.15, 0.2) is 78.9 Å². The molecule has 3 rings (SSSR count). The Kier molecular flexibility index (Phi) is 5.81. The first kappa shape index (κ1) is 20.4. The molecule has 0 saturated carbocycles. The summed E-state index contributed by atoms with van der Waals surface area (Å²) in [5.41, 5.74) is -0.967. The van der Waals surface area contributed by atoms with Gasteiger partial charge in [-0.25, -0.2) is 0 Å². The minimum absolute atomic E-state index is 0.168. The van der Waals surface area contributed by atoms with Crippen LogP contribution in [0.3, 0.4) is 0 Å². The van der Waals surface area contributed by atoms with E-state index in [2.05, 4.69) is 5.32 Å². The molecular weight excluding hydrogens is 378 g/mol. The molecule has 0 unspecified atom stereocenters. The van der Waals surface area contributed by atoms with Crippen molar-refractivity contribution in [2.45, 2.75) is 32.5 Å². The number of hydrogen-bond donors (Lipinski definition) is 1. The van der Waals surface area contributed by atoms with Crippen LogP contribution in [0, 0.1) is 0 Å². The molecule has 0 spiro atoms. The van der Waals surface area contributed by atoms with Gasteiger partial charge in [0.05, 0.1) is 11.3 Å². The summed E-state index contributed by atoms with van der Waals surface area (Å²) < 4.78 is 41.5. The molecule has 0 amide bonds. The topological polar surface area (TPSA) is 12.0 Å². The van der Waals surface area contributed by atoms with E-state index in [9.17, 15) is 13.2 Å². The SMILES string of the molecule is CC(C)(C)Nc1c(P(c2ccccc2)c2ccccc2)cccc1C(F)(F)F. The van der Waals surface area contributed by atoms with Crippen LogP contribution in [-0.4, -0.2) is 5.54 Å². The lowest BCUT2D eigenvalue weighted by molar-refractivity contribution is -0.136. The van der Waals surface area contributed by atoms with Crippen molar-refractivity contribution in [3.8, 4) is 0 Å². The number of hydrogen-bond acceptors (Lipinski definition) is 1. The monoisotopic (exact) mass is 401 g/mol. The van der Waals surface area contributed by atoms with E-state index in [1.807, 2.05) is 87.5 Å². The quantitative estimate of drug-likeness (QED) is 0.555. The number of anilines is 1. The van der Waals surface area contributed by atoms with Gasteiger partial charge in [-0.2, -0.15) is 13.2 Å². The fraction of sp³-hybridized carbons (Fsp3) is 0.217. The molecule has 28 heavy (non-hydrogen) atoms. The second-order valence-corrected chi connectivity index (χ2v) is 9.76. The molecule has 1 nitrogen and oxygen atoms in total. The molecule has 0 aliphatic heterocycles. The van der Waals surface area contributed by atoms with E-state index in [0.29, 0.717) is 5.30 Å². The number of benzene rings is 3. The van der Waals surface area contributed by atoms with Crippen molar-refractivity contribution in [3.63, 3.8) is 0 Å². The molecule has 0 bridgehead atoms. The van der Waals surface area contributed by atoms with Crippen molar-refractivity contribution < 1.29 is 13.2 Å². The molecule has 0 heterocycles. The minimum Gasteiger partial charge on any atom is -0.379 e. The Bertz CT molecular complexity index is 877. The summed E-state index contributed by atoms with van der Waals surface area (Å²) in [6, 6.07) is 24.0. The van der Waals surface area contributed by atoms with Gasteiger partial charge in [-0.3, -0.25) is 0 Å². The standard InChI is InChI=1S/C23H23F3NP/c1-22(2,3)27-21-19(23(24,25)26)15-10-16-20(21)28(17-11-6-4-7-12-17)18-13-8-5-9-14-18/h4-16,27H,1-3H3. The van der Waals surface area contributed by atoms with Gasteiger partial charge in [0.25, 0.3) is 0 Å². The van der Waals surface area contributed by atoms with Crippen LogP contribution in [0.25, 0.3) is 0 Å². The highest BCUT2D eigenvalue weighted by atomic mass is 31.1. The third-order valence-electron chi connectivity index (χ3n) is 4.12. The number of nitrogens with one attached hydrogen (secondary N) is 1. The summed E-state index contributed by atoms with van der Waals surface area (Å²) in [7, 11) is -1.15. The highest BCUT2D eigenvalue weighted by Crippen LogP contribution is 2.42. The highest BCUT2D eigenvalue weighted by molar-refractivity contribution is 7.80. The Labute approximate surface area is 165 Å². The lowest BCUT2D eigenvalue weighted by Crippen LogP contribution is -2.33. The number of alkyl halides is 3. The van der Waals surface area contributed by atoms with Crippen LogP contribution in [0.2, 0.25) is 0 Å². The molecule has 5 heteroatoms. The summed E-state index contributed by atoms with van der Waals surface area (Å²) in [6.45, 7) is 5.62. The van der Waals surface area contributed by atoms with Crippen molar-refractivity contribution in [1.82, 2.24) is 0 Å². The average Bonchev–Trinajstić information content (AvgIpc) is 2.63. The maximum absolute atomic E-state index is 13.8. The normalized spacial score (nSPS) is 12.2. The van der Waals surface area contributed by atoms with Crippen LogP contribution < -0.4 is 21.2 Å². The lowest BCUT2D eigenvalue weighted by Gasteiger charge is -2.30. The molecule has 0 radical (unpaired) electrons.